The quantitative estimate of drug-likeness (QED) is 0.216. The molecule has 13 nitrogen and oxygen atoms in total. The zero-order valence-electron chi connectivity index (χ0n) is 28.9. The van der Waals surface area contributed by atoms with Gasteiger partial charge in [0.05, 0.1) is 33.7 Å². The van der Waals surface area contributed by atoms with Crippen molar-refractivity contribution in [3.8, 4) is 5.75 Å². The number of piperidine rings is 1. The number of aryl methyl sites for hydroxylation is 1. The highest BCUT2D eigenvalue weighted by Gasteiger charge is 2.29. The highest BCUT2D eigenvalue weighted by atomic mass is 79.9. The van der Waals surface area contributed by atoms with Crippen LogP contribution in [0.3, 0.4) is 0 Å². The topological polar surface area (TPSA) is 132 Å². The normalized spacial score (nSPS) is 16.7. The summed E-state index contributed by atoms with van der Waals surface area (Å²) in [5.41, 5.74) is 4.95. The highest BCUT2D eigenvalue weighted by molar-refractivity contribution is 9.10. The molecule has 2 aliphatic rings. The maximum absolute atomic E-state index is 13.3. The molecule has 2 aromatic heterocycles. The number of likely N-dealkylation sites (N-methyl/N-ethyl adjacent to an activating group) is 1. The van der Waals surface area contributed by atoms with Crippen LogP contribution in [0, 0.1) is 6.92 Å². The van der Waals surface area contributed by atoms with Gasteiger partial charge in [0.2, 0.25) is 16.0 Å². The van der Waals surface area contributed by atoms with E-state index < -0.39 is 15.3 Å². The Morgan fingerprint density at radius 1 is 0.980 bits per heavy atom. The van der Waals surface area contributed by atoms with Crippen molar-refractivity contribution < 1.29 is 13.2 Å². The fourth-order valence-electron chi connectivity index (χ4n) is 6.59. The number of piperazine rings is 1. The number of ether oxygens (including phenoxy) is 1. The van der Waals surface area contributed by atoms with Crippen molar-refractivity contribution in [3.05, 3.63) is 52.9 Å². The van der Waals surface area contributed by atoms with Gasteiger partial charge in [-0.2, -0.15) is 4.98 Å². The monoisotopic (exact) mass is 752 g/mol. The maximum Gasteiger partial charge on any atom is 0.237 e. The Morgan fingerprint density at radius 2 is 1.69 bits per heavy atom. The fraction of sp³-hybridized carbons (Fsp3) is 0.471. The largest absolute Gasteiger partial charge is 0.494 e. The predicted octanol–water partition coefficient (Wildman–Crippen LogP) is 5.38. The van der Waals surface area contributed by atoms with E-state index in [1.807, 2.05) is 0 Å². The van der Waals surface area contributed by atoms with Crippen LogP contribution in [0.15, 0.2) is 47.3 Å². The van der Waals surface area contributed by atoms with Crippen LogP contribution in [0.4, 0.5) is 34.5 Å². The SMILES string of the molecule is COc1cc(N2CCC(N3CCN(C)CC3)CC2)c(C)cc1Nc1ncc(Br)c(Nc2ccc3nccnc3c2N(C)S(=O)(=O)C(C)C)n1. The molecular weight excluding hydrogens is 708 g/mol. The van der Waals surface area contributed by atoms with Gasteiger partial charge in [-0.3, -0.25) is 19.2 Å². The summed E-state index contributed by atoms with van der Waals surface area (Å²) in [5, 5.41) is 6.02. The van der Waals surface area contributed by atoms with E-state index in [9.17, 15) is 8.42 Å². The van der Waals surface area contributed by atoms with Crippen molar-refractivity contribution in [2.24, 2.45) is 0 Å². The first-order chi connectivity index (χ1) is 23.5. The van der Waals surface area contributed by atoms with E-state index in [0.29, 0.717) is 50.4 Å². The predicted molar refractivity (Wildman–Crippen MR) is 200 cm³/mol. The van der Waals surface area contributed by atoms with Crippen LogP contribution in [0.25, 0.3) is 11.0 Å². The number of aromatic nitrogens is 4. The van der Waals surface area contributed by atoms with Crippen LogP contribution < -0.4 is 24.6 Å². The number of hydrogen-bond donors (Lipinski definition) is 2. The number of sulfonamides is 1. The number of fused-ring (bicyclic) bond motifs is 1. The summed E-state index contributed by atoms with van der Waals surface area (Å²) in [6.45, 7) is 12.0. The van der Waals surface area contributed by atoms with Crippen LogP contribution in [0.5, 0.6) is 5.75 Å². The smallest absolute Gasteiger partial charge is 0.237 e. The molecule has 15 heteroatoms. The Bertz CT molecular complexity index is 1910. The van der Waals surface area contributed by atoms with Gasteiger partial charge in [0.15, 0.2) is 0 Å². The molecule has 0 unspecified atom stereocenters. The van der Waals surface area contributed by atoms with E-state index in [0.717, 1.165) is 63.4 Å². The molecule has 0 amide bonds. The lowest BCUT2D eigenvalue weighted by Gasteiger charge is -2.43. The molecule has 6 rings (SSSR count). The molecule has 4 aromatic rings. The lowest BCUT2D eigenvalue weighted by atomic mass is 10.0. The molecule has 0 bridgehead atoms. The zero-order chi connectivity index (χ0) is 34.9. The Balaban J connectivity index is 1.23. The summed E-state index contributed by atoms with van der Waals surface area (Å²) in [5.74, 6) is 1.47. The number of halogens is 1. The summed E-state index contributed by atoms with van der Waals surface area (Å²) >= 11 is 3.56. The molecule has 262 valence electrons. The van der Waals surface area contributed by atoms with Crippen molar-refractivity contribution >= 4 is 71.5 Å². The summed E-state index contributed by atoms with van der Waals surface area (Å²) in [7, 11) is 1.72. The van der Waals surface area contributed by atoms with Gasteiger partial charge in [0, 0.05) is 82.7 Å². The second-order valence-electron chi connectivity index (χ2n) is 13.0. The first kappa shape index (κ1) is 35.1. The molecule has 2 aromatic carbocycles. The van der Waals surface area contributed by atoms with Gasteiger partial charge >= 0.3 is 0 Å². The number of nitrogens with one attached hydrogen (secondary N) is 2. The molecule has 2 N–H and O–H groups in total. The van der Waals surface area contributed by atoms with Gasteiger partial charge in [0.1, 0.15) is 22.8 Å². The molecule has 0 saturated carbocycles. The number of nitrogens with zero attached hydrogens (tertiary/aromatic N) is 8. The Kier molecular flexibility index (Phi) is 10.4. The molecule has 2 fully saturated rings. The average Bonchev–Trinajstić information content (AvgIpc) is 3.10. The average molecular weight is 754 g/mol. The third kappa shape index (κ3) is 7.39. The summed E-state index contributed by atoms with van der Waals surface area (Å²) in [6, 6.07) is 8.38. The molecule has 49 heavy (non-hydrogen) atoms. The van der Waals surface area contributed by atoms with Gasteiger partial charge in [-0.15, -0.1) is 0 Å². The van der Waals surface area contributed by atoms with Gasteiger partial charge < -0.3 is 25.2 Å². The Morgan fingerprint density at radius 3 is 2.39 bits per heavy atom. The van der Waals surface area contributed by atoms with Crippen LogP contribution in [0.1, 0.15) is 32.3 Å². The van der Waals surface area contributed by atoms with E-state index >= 15 is 0 Å². The first-order valence-corrected chi connectivity index (χ1v) is 18.9. The van der Waals surface area contributed by atoms with E-state index in [1.165, 1.54) is 17.0 Å². The fourth-order valence-corrected chi connectivity index (χ4v) is 7.95. The van der Waals surface area contributed by atoms with Crippen LogP contribution in [0.2, 0.25) is 0 Å². The van der Waals surface area contributed by atoms with E-state index in [1.54, 1.807) is 51.7 Å². The van der Waals surface area contributed by atoms with Crippen LogP contribution in [-0.2, 0) is 10.0 Å². The second-order valence-corrected chi connectivity index (χ2v) is 16.4. The van der Waals surface area contributed by atoms with E-state index in [2.05, 4.69) is 82.3 Å². The van der Waals surface area contributed by atoms with Gasteiger partial charge in [-0.25, -0.2) is 13.4 Å². The minimum absolute atomic E-state index is 0.342. The molecule has 0 radical (unpaired) electrons. The standard InChI is InChI=1S/C34H45BrN10O3S/c1-22(2)49(46,47)43(5)32-27(8-7-26-31(32)37-12-11-36-26)39-33-25(35)21-38-34(41-33)40-28-19-23(3)29(20-30(28)48-6)45-13-9-24(10-14-45)44-17-15-42(4)16-18-44/h7-8,11-12,19-22,24H,9-10,13-18H2,1-6H3,(H2,38,39,40,41). The summed E-state index contributed by atoms with van der Waals surface area (Å²) in [4.78, 5) is 25.7. The molecule has 2 aliphatic heterocycles. The molecule has 0 atom stereocenters. The maximum atomic E-state index is 13.3. The lowest BCUT2D eigenvalue weighted by molar-refractivity contribution is 0.0982. The third-order valence-electron chi connectivity index (χ3n) is 9.53. The minimum Gasteiger partial charge on any atom is -0.494 e. The van der Waals surface area contributed by atoms with Crippen molar-refractivity contribution in [3.63, 3.8) is 0 Å². The number of hydrogen-bond acceptors (Lipinski definition) is 12. The van der Waals surface area contributed by atoms with Gasteiger partial charge in [-0.05, 0) is 80.4 Å². The first-order valence-electron chi connectivity index (χ1n) is 16.6. The molecular formula is C34H45BrN10O3S. The van der Waals surface area contributed by atoms with Gasteiger partial charge in [-0.1, -0.05) is 0 Å². The Hall–Kier alpha value is -3.79. The van der Waals surface area contributed by atoms with Crippen LogP contribution in [-0.4, -0.2) is 110 Å². The second kappa shape index (κ2) is 14.6. The lowest BCUT2D eigenvalue weighted by Crippen LogP contribution is -2.52. The van der Waals surface area contributed by atoms with E-state index in [4.69, 9.17) is 9.72 Å². The van der Waals surface area contributed by atoms with Crippen molar-refractivity contribution in [1.29, 1.82) is 0 Å². The van der Waals surface area contributed by atoms with Crippen molar-refractivity contribution in [2.45, 2.75) is 44.9 Å². The summed E-state index contributed by atoms with van der Waals surface area (Å²) < 4.78 is 34.3. The summed E-state index contributed by atoms with van der Waals surface area (Å²) in [6.07, 6.45) is 7.07. The third-order valence-corrected chi connectivity index (χ3v) is 12.2. The number of methoxy groups -OCH3 is 1. The highest BCUT2D eigenvalue weighted by Crippen LogP contribution is 2.39. The number of anilines is 6. The molecule has 0 spiro atoms. The van der Waals surface area contributed by atoms with Crippen molar-refractivity contribution in [1.82, 2.24) is 29.7 Å². The zero-order valence-corrected chi connectivity index (χ0v) is 31.3. The Labute approximate surface area is 297 Å². The molecule has 0 aliphatic carbocycles. The van der Waals surface area contributed by atoms with Crippen molar-refractivity contribution in [2.75, 3.05) is 80.3 Å². The van der Waals surface area contributed by atoms with Gasteiger partial charge in [0.25, 0.3) is 0 Å². The molecule has 4 heterocycles. The minimum atomic E-state index is -3.68. The number of benzene rings is 2. The number of rotatable bonds is 10. The van der Waals surface area contributed by atoms with Crippen LogP contribution >= 0.6 is 15.9 Å². The molecule has 2 saturated heterocycles. The van der Waals surface area contributed by atoms with E-state index in [-0.39, 0.29) is 0 Å².